The molecule has 4 nitrogen and oxygen atoms in total. The Morgan fingerprint density at radius 3 is 2.79 bits per heavy atom. The van der Waals surface area contributed by atoms with Crippen LogP contribution in [0.15, 0.2) is 24.3 Å². The summed E-state index contributed by atoms with van der Waals surface area (Å²) in [5, 5.41) is 9.59. The number of nitrogens with zero attached hydrogens (tertiary/aromatic N) is 1. The van der Waals surface area contributed by atoms with Crippen LogP contribution in [0.2, 0.25) is 5.02 Å². The Bertz CT molecular complexity index is 430. The molecule has 1 heterocycles. The number of likely N-dealkylation sites (tertiary alicyclic amines) is 1. The fourth-order valence-corrected chi connectivity index (χ4v) is 2.43. The summed E-state index contributed by atoms with van der Waals surface area (Å²) < 4.78 is 5.62. The van der Waals surface area contributed by atoms with Crippen molar-refractivity contribution < 1.29 is 14.6 Å². The molecule has 0 spiro atoms. The van der Waals surface area contributed by atoms with E-state index in [9.17, 15) is 4.79 Å². The lowest BCUT2D eigenvalue weighted by Crippen LogP contribution is -2.38. The lowest BCUT2D eigenvalue weighted by atomic mass is 9.97. The number of hydrogen-bond acceptors (Lipinski definition) is 3. The first kappa shape index (κ1) is 14.2. The highest BCUT2D eigenvalue weighted by molar-refractivity contribution is 6.30. The number of piperidine rings is 1. The average molecular weight is 284 g/mol. The number of ether oxygens (including phenoxy) is 1. The predicted molar refractivity (Wildman–Crippen MR) is 73.7 cm³/mol. The first-order valence-corrected chi connectivity index (χ1v) is 6.86. The summed E-state index contributed by atoms with van der Waals surface area (Å²) in [5.74, 6) is -0.0761. The molecular formula is C14H18ClNO3. The Labute approximate surface area is 117 Å². The van der Waals surface area contributed by atoms with Crippen molar-refractivity contribution in [1.29, 1.82) is 0 Å². The highest BCUT2D eigenvalue weighted by Crippen LogP contribution is 2.18. The third-order valence-electron chi connectivity index (χ3n) is 3.41. The fourth-order valence-electron chi connectivity index (χ4n) is 2.25. The number of hydrogen-bond donors (Lipinski definition) is 1. The van der Waals surface area contributed by atoms with Gasteiger partial charge in [0.25, 0.3) is 0 Å². The summed E-state index contributed by atoms with van der Waals surface area (Å²) >= 11 is 5.87. The van der Waals surface area contributed by atoms with E-state index in [1.807, 2.05) is 18.2 Å². The van der Waals surface area contributed by atoms with Crippen molar-refractivity contribution in [3.8, 4) is 5.75 Å². The topological polar surface area (TPSA) is 49.8 Å². The molecular weight excluding hydrogens is 266 g/mol. The summed E-state index contributed by atoms with van der Waals surface area (Å²) in [4.78, 5) is 13.1. The second-order valence-corrected chi connectivity index (χ2v) is 5.20. The van der Waals surface area contributed by atoms with Gasteiger partial charge in [-0.2, -0.15) is 0 Å². The molecule has 5 heteroatoms. The van der Waals surface area contributed by atoms with Crippen LogP contribution in [0.3, 0.4) is 0 Å². The maximum absolute atomic E-state index is 10.8. The number of rotatable bonds is 5. The summed E-state index contributed by atoms with van der Waals surface area (Å²) in [6.07, 6.45) is 1.46. The van der Waals surface area contributed by atoms with Crippen molar-refractivity contribution in [2.24, 2.45) is 5.92 Å². The minimum atomic E-state index is -0.671. The molecule has 0 unspecified atom stereocenters. The number of carboxylic acid groups (broad SMARTS) is 1. The van der Waals surface area contributed by atoms with Crippen LogP contribution in [-0.4, -0.2) is 42.2 Å². The van der Waals surface area contributed by atoms with E-state index >= 15 is 0 Å². The van der Waals surface area contributed by atoms with Gasteiger partial charge in [0, 0.05) is 11.6 Å². The zero-order chi connectivity index (χ0) is 13.7. The third-order valence-corrected chi connectivity index (χ3v) is 3.64. The Balaban J connectivity index is 1.68. The van der Waals surface area contributed by atoms with Gasteiger partial charge in [-0.1, -0.05) is 17.7 Å². The molecule has 0 aromatic heterocycles. The summed E-state index contributed by atoms with van der Waals surface area (Å²) in [7, 11) is 0. The molecule has 1 N–H and O–H groups in total. The Morgan fingerprint density at radius 1 is 1.42 bits per heavy atom. The van der Waals surface area contributed by atoms with E-state index in [0.29, 0.717) is 11.6 Å². The van der Waals surface area contributed by atoms with Gasteiger partial charge in [-0.25, -0.2) is 0 Å². The molecule has 0 bridgehead atoms. The third kappa shape index (κ3) is 4.40. The van der Waals surface area contributed by atoms with Gasteiger partial charge in [0.1, 0.15) is 12.4 Å². The van der Waals surface area contributed by atoms with Crippen molar-refractivity contribution in [1.82, 2.24) is 4.90 Å². The normalized spacial score (nSPS) is 17.3. The van der Waals surface area contributed by atoms with Gasteiger partial charge in [-0.15, -0.1) is 0 Å². The van der Waals surface area contributed by atoms with Crippen LogP contribution in [0, 0.1) is 5.92 Å². The van der Waals surface area contributed by atoms with Crippen LogP contribution in [0.4, 0.5) is 0 Å². The summed E-state index contributed by atoms with van der Waals surface area (Å²) in [5.41, 5.74) is 0. The zero-order valence-electron chi connectivity index (χ0n) is 10.7. The van der Waals surface area contributed by atoms with Crippen LogP contribution in [0.5, 0.6) is 5.75 Å². The molecule has 0 saturated carbocycles. The van der Waals surface area contributed by atoms with Crippen molar-refractivity contribution in [2.45, 2.75) is 12.8 Å². The second kappa shape index (κ2) is 6.78. The Kier molecular flexibility index (Phi) is 5.05. The van der Waals surface area contributed by atoms with Crippen molar-refractivity contribution in [3.63, 3.8) is 0 Å². The SMILES string of the molecule is O=C(O)C1CCN(CCOc2cccc(Cl)c2)CC1. The fraction of sp³-hybridized carbons (Fsp3) is 0.500. The van der Waals surface area contributed by atoms with Crippen LogP contribution < -0.4 is 4.74 Å². The van der Waals surface area contributed by atoms with Gasteiger partial charge in [-0.05, 0) is 44.1 Å². The second-order valence-electron chi connectivity index (χ2n) is 4.76. The Morgan fingerprint density at radius 2 is 2.16 bits per heavy atom. The van der Waals surface area contributed by atoms with Gasteiger partial charge in [0.2, 0.25) is 0 Å². The molecule has 0 radical (unpaired) electrons. The van der Waals surface area contributed by atoms with Crippen LogP contribution in [0.25, 0.3) is 0 Å². The highest BCUT2D eigenvalue weighted by atomic mass is 35.5. The predicted octanol–water partition coefficient (Wildman–Crippen LogP) is 2.52. The van der Waals surface area contributed by atoms with Gasteiger partial charge < -0.3 is 9.84 Å². The molecule has 0 amide bonds. The molecule has 19 heavy (non-hydrogen) atoms. The van der Waals surface area contributed by atoms with Gasteiger partial charge in [-0.3, -0.25) is 9.69 Å². The molecule has 0 atom stereocenters. The van der Waals surface area contributed by atoms with Crippen LogP contribution in [-0.2, 0) is 4.79 Å². The lowest BCUT2D eigenvalue weighted by Gasteiger charge is -2.29. The molecule has 0 aliphatic carbocycles. The minimum Gasteiger partial charge on any atom is -0.492 e. The molecule has 2 rings (SSSR count). The standard InChI is InChI=1S/C14H18ClNO3/c15-12-2-1-3-13(10-12)19-9-8-16-6-4-11(5-7-16)14(17)18/h1-3,10-11H,4-9H2,(H,17,18). The summed E-state index contributed by atoms with van der Waals surface area (Å²) in [6.45, 7) is 3.07. The number of aliphatic carboxylic acids is 1. The van der Waals surface area contributed by atoms with Crippen LogP contribution >= 0.6 is 11.6 Å². The molecule has 1 aromatic carbocycles. The highest BCUT2D eigenvalue weighted by Gasteiger charge is 2.23. The van der Waals surface area contributed by atoms with E-state index in [4.69, 9.17) is 21.4 Å². The average Bonchev–Trinajstić information content (AvgIpc) is 2.39. The summed E-state index contributed by atoms with van der Waals surface area (Å²) in [6, 6.07) is 7.34. The van der Waals surface area contributed by atoms with E-state index in [1.54, 1.807) is 6.07 Å². The lowest BCUT2D eigenvalue weighted by molar-refractivity contribution is -0.143. The van der Waals surface area contributed by atoms with Crippen LogP contribution in [0.1, 0.15) is 12.8 Å². The van der Waals surface area contributed by atoms with Gasteiger partial charge in [0.05, 0.1) is 5.92 Å². The molecule has 1 aliphatic heterocycles. The number of benzene rings is 1. The van der Waals surface area contributed by atoms with E-state index in [2.05, 4.69) is 4.90 Å². The molecule has 104 valence electrons. The van der Waals surface area contributed by atoms with Gasteiger partial charge >= 0.3 is 5.97 Å². The largest absolute Gasteiger partial charge is 0.492 e. The van der Waals surface area contributed by atoms with Crippen molar-refractivity contribution in [2.75, 3.05) is 26.2 Å². The molecule has 1 fully saturated rings. The van der Waals surface area contributed by atoms with Gasteiger partial charge in [0.15, 0.2) is 0 Å². The molecule has 1 aliphatic rings. The van der Waals surface area contributed by atoms with E-state index in [-0.39, 0.29) is 5.92 Å². The molecule has 1 aromatic rings. The van der Waals surface area contributed by atoms with E-state index < -0.39 is 5.97 Å². The Hall–Kier alpha value is -1.26. The quantitative estimate of drug-likeness (QED) is 0.902. The van der Waals surface area contributed by atoms with E-state index in [1.165, 1.54) is 0 Å². The maximum atomic E-state index is 10.8. The maximum Gasteiger partial charge on any atom is 0.306 e. The van der Waals surface area contributed by atoms with E-state index in [0.717, 1.165) is 38.2 Å². The number of carbonyl (C=O) groups is 1. The van der Waals surface area contributed by atoms with Crippen molar-refractivity contribution >= 4 is 17.6 Å². The minimum absolute atomic E-state index is 0.176. The molecule has 1 saturated heterocycles. The smallest absolute Gasteiger partial charge is 0.306 e. The first-order valence-electron chi connectivity index (χ1n) is 6.48. The zero-order valence-corrected chi connectivity index (χ0v) is 11.5. The first-order chi connectivity index (χ1) is 9.15. The number of halogens is 1. The monoisotopic (exact) mass is 283 g/mol. The van der Waals surface area contributed by atoms with Crippen molar-refractivity contribution in [3.05, 3.63) is 29.3 Å². The number of carboxylic acids is 1.